The quantitative estimate of drug-likeness (QED) is 0.140. The normalized spacial score (nSPS) is 5.27. The summed E-state index contributed by atoms with van der Waals surface area (Å²) in [6.07, 6.45) is 0. The standard InChI is InChI=1S/2ClH.2Cr.2Mn.2H2O4S.2Ti.2V.2Zn/c;;;;;;2*1-5(2,3)4;;;;;;/h2*1H;;;;;2*(H2,1,2,3,4);;;;;;/p-2. The van der Waals surface area contributed by atoms with E-state index in [1.165, 1.54) is 0 Å². The van der Waals surface area contributed by atoms with Gasteiger partial charge < -0.3 is 24.8 Å². The minimum absolute atomic E-state index is 0. The summed E-state index contributed by atoms with van der Waals surface area (Å²) >= 11 is 0. The third-order valence-electron chi connectivity index (χ3n) is 0. The summed E-state index contributed by atoms with van der Waals surface area (Å²) in [5.41, 5.74) is 0. The van der Waals surface area contributed by atoms with Crippen LogP contribution in [0.1, 0.15) is 0 Å². The molecule has 0 aliphatic heterocycles. The summed E-state index contributed by atoms with van der Waals surface area (Å²) in [4.78, 5) is 0. The average molecular weight is 809 g/mol. The van der Waals surface area contributed by atoms with E-state index in [-0.39, 0.29) is 213 Å². The van der Waals surface area contributed by atoms with Gasteiger partial charge in [-0.05, 0) is 0 Å². The van der Waals surface area contributed by atoms with Gasteiger partial charge in [0.1, 0.15) is 0 Å². The molecule has 0 bridgehead atoms. The van der Waals surface area contributed by atoms with Gasteiger partial charge in [-0.25, -0.2) is 0 Å². The fraction of sp³-hybridized carbons (Fsp3) is 0. The zero-order chi connectivity index (χ0) is 9.00. The molecule has 0 aromatic heterocycles. The van der Waals surface area contributed by atoms with Crippen molar-refractivity contribution in [3.8, 4) is 0 Å². The van der Waals surface area contributed by atoms with Gasteiger partial charge in [0.25, 0.3) is 0 Å². The van der Waals surface area contributed by atoms with Crippen molar-refractivity contribution in [1.82, 2.24) is 0 Å². The van der Waals surface area contributed by atoms with Crippen LogP contribution in [0.5, 0.6) is 0 Å². The zero-order valence-electron chi connectivity index (χ0n) is 9.88. The van der Waals surface area contributed by atoms with Crippen LogP contribution in [-0.4, -0.2) is 35.0 Å². The minimum Gasteiger partial charge on any atom is -1.00 e. The maximum atomic E-state index is 8.74. The van der Waals surface area contributed by atoms with E-state index in [0.717, 1.165) is 0 Å². The molecule has 0 aromatic rings. The predicted molar refractivity (Wildman–Crippen MR) is 28.4 cm³/mol. The first-order valence-corrected chi connectivity index (χ1v) is 4.19. The molecule has 0 saturated carbocycles. The van der Waals surface area contributed by atoms with Crippen LogP contribution in [0.15, 0.2) is 0 Å². The SMILES string of the molecule is O=S(=O)(O)O.O=S(=O)(O)O.[Cl-].[Cl-].[Cr].[Cr].[Mn].[Mn].[Ti].[Ti].[V].[V].[Zn].[Zn]. The first kappa shape index (κ1) is 103. The van der Waals surface area contributed by atoms with Crippen LogP contribution in [0.4, 0.5) is 0 Å². The van der Waals surface area contributed by atoms with Crippen LogP contribution in [0.2, 0.25) is 0 Å². The van der Waals surface area contributed by atoms with Gasteiger partial charge in [-0.2, -0.15) is 16.8 Å². The van der Waals surface area contributed by atoms with E-state index in [1.807, 2.05) is 0 Å². The van der Waals surface area contributed by atoms with Crippen LogP contribution in [0, 0.1) is 0 Å². The van der Waals surface area contributed by atoms with Gasteiger partial charge in [0.05, 0.1) is 0 Å². The van der Waals surface area contributed by atoms with E-state index < -0.39 is 20.8 Å². The van der Waals surface area contributed by atoms with E-state index in [2.05, 4.69) is 0 Å². The van der Waals surface area contributed by atoms with Crippen molar-refractivity contribution >= 4 is 20.8 Å². The molecule has 0 rings (SSSR count). The second kappa shape index (κ2) is 56.4. The molecule has 0 fully saturated rings. The molecule has 0 unspecified atom stereocenters. The van der Waals surface area contributed by atoms with E-state index in [0.29, 0.717) is 0 Å². The molecule has 0 spiro atoms. The molecule has 0 amide bonds. The third-order valence-corrected chi connectivity index (χ3v) is 0. The minimum atomic E-state index is -4.67. The Labute approximate surface area is 264 Å². The molecular weight excluding hydrogens is 805 g/mol. The zero-order valence-corrected chi connectivity index (χ0v) is 29.8. The van der Waals surface area contributed by atoms with E-state index in [1.54, 1.807) is 0 Å². The smallest absolute Gasteiger partial charge is 0.394 e. The Bertz CT molecular complexity index is 257. The van der Waals surface area contributed by atoms with Gasteiger partial charge in [0.2, 0.25) is 0 Å². The van der Waals surface area contributed by atoms with Gasteiger partial charge in [-0.15, -0.1) is 0 Å². The monoisotopic (exact) mass is 805 g/mol. The molecule has 0 aliphatic rings. The number of halogens is 2. The van der Waals surface area contributed by atoms with E-state index in [4.69, 9.17) is 35.0 Å². The third kappa shape index (κ3) is 427. The number of hydrogen-bond donors (Lipinski definition) is 4. The molecule has 0 aliphatic carbocycles. The Kier molecular flexibility index (Phi) is 265. The molecule has 0 atom stereocenters. The van der Waals surface area contributed by atoms with Crippen LogP contribution >= 0.6 is 0 Å². The summed E-state index contributed by atoms with van der Waals surface area (Å²) in [6.45, 7) is 0. The predicted octanol–water partition coefficient (Wildman–Crippen LogP) is -7.32. The molecule has 0 saturated heterocycles. The number of rotatable bonds is 0. The molecule has 0 aromatic carbocycles. The number of hydrogen-bond acceptors (Lipinski definition) is 4. The molecule has 8 nitrogen and oxygen atoms in total. The first-order valence-electron chi connectivity index (χ1n) is 1.40. The van der Waals surface area contributed by atoms with Crippen LogP contribution < -0.4 is 24.8 Å². The van der Waals surface area contributed by atoms with Crippen molar-refractivity contribution in [2.24, 2.45) is 0 Å². The maximum absolute atomic E-state index is 8.74. The Morgan fingerprint density at radius 2 is 0.545 bits per heavy atom. The largest absolute Gasteiger partial charge is 1.00 e. The Hall–Kier alpha value is 6.27. The second-order valence-electron chi connectivity index (χ2n) is 0.896. The van der Waals surface area contributed by atoms with Crippen molar-refractivity contribution in [2.75, 3.05) is 0 Å². The van der Waals surface area contributed by atoms with Gasteiger partial charge >= 0.3 is 20.8 Å². The van der Waals surface area contributed by atoms with Crippen molar-refractivity contribution in [3.05, 3.63) is 0 Å². The summed E-state index contributed by atoms with van der Waals surface area (Å²) in [5, 5.41) is 0. The summed E-state index contributed by atoms with van der Waals surface area (Å²) < 4.78 is 63.2. The van der Waals surface area contributed by atoms with Crippen molar-refractivity contribution < 1.29 is 248 Å². The van der Waals surface area contributed by atoms with Gasteiger partial charge in [-0.3, -0.25) is 18.2 Å². The molecule has 0 heterocycles. The van der Waals surface area contributed by atoms with E-state index >= 15 is 0 Å². The molecule has 22 heteroatoms. The Morgan fingerprint density at radius 1 is 0.545 bits per heavy atom. The van der Waals surface area contributed by atoms with E-state index in [9.17, 15) is 0 Å². The fourth-order valence-corrected chi connectivity index (χ4v) is 0. The molecule has 4 radical (unpaired) electrons. The van der Waals surface area contributed by atoms with Crippen molar-refractivity contribution in [2.45, 2.75) is 0 Å². The summed E-state index contributed by atoms with van der Waals surface area (Å²) in [6, 6.07) is 0. The molecule has 4 N–H and O–H groups in total. The van der Waals surface area contributed by atoms with Crippen LogP contribution in [-0.2, 0) is 209 Å². The van der Waals surface area contributed by atoms with Crippen LogP contribution in [0.25, 0.3) is 0 Å². The van der Waals surface area contributed by atoms with Crippen LogP contribution in [0.3, 0.4) is 0 Å². The molecule has 128 valence electrons. The maximum Gasteiger partial charge on any atom is 0.394 e. The topological polar surface area (TPSA) is 149 Å². The average Bonchev–Trinajstić information content (AvgIpc) is 1.12. The summed E-state index contributed by atoms with van der Waals surface area (Å²) in [7, 11) is -9.33. The van der Waals surface area contributed by atoms with Crippen molar-refractivity contribution in [1.29, 1.82) is 0 Å². The van der Waals surface area contributed by atoms with Gasteiger partial charge in [0, 0.05) is 188 Å². The Morgan fingerprint density at radius 3 is 0.545 bits per heavy atom. The summed E-state index contributed by atoms with van der Waals surface area (Å²) in [5.74, 6) is 0. The fourth-order valence-electron chi connectivity index (χ4n) is 0. The van der Waals surface area contributed by atoms with Gasteiger partial charge in [0.15, 0.2) is 0 Å². The second-order valence-corrected chi connectivity index (χ2v) is 2.69. The van der Waals surface area contributed by atoms with Gasteiger partial charge in [-0.1, -0.05) is 0 Å². The van der Waals surface area contributed by atoms with Crippen molar-refractivity contribution in [3.63, 3.8) is 0 Å². The Balaban J connectivity index is -0.00000000314. The first-order chi connectivity index (χ1) is 4.00. The molecular formula is H4Cl2Cr2Mn2O8S2Ti2V2Zn2-2. The molecule has 22 heavy (non-hydrogen) atoms.